The van der Waals surface area contributed by atoms with Gasteiger partial charge in [-0.15, -0.1) is 0 Å². The summed E-state index contributed by atoms with van der Waals surface area (Å²) in [7, 11) is 4.13. The van der Waals surface area contributed by atoms with Crippen molar-refractivity contribution in [3.63, 3.8) is 0 Å². The number of hydrogen-bond donors (Lipinski definition) is 1. The van der Waals surface area contributed by atoms with Crippen molar-refractivity contribution >= 4 is 21.6 Å². The Morgan fingerprint density at radius 3 is 2.74 bits per heavy atom. The molecule has 0 aromatic heterocycles. The Kier molecular flexibility index (Phi) is 6.97. The predicted molar refractivity (Wildman–Crippen MR) is 80.3 cm³/mol. The molecule has 0 heterocycles. The molecular weight excluding hydrogens is 310 g/mol. The molecule has 0 saturated heterocycles. The van der Waals surface area contributed by atoms with Gasteiger partial charge in [0.15, 0.2) is 0 Å². The zero-order valence-corrected chi connectivity index (χ0v) is 12.9. The van der Waals surface area contributed by atoms with Crippen molar-refractivity contribution in [1.29, 1.82) is 0 Å². The molecule has 1 N–H and O–H groups in total. The second-order valence-electron chi connectivity index (χ2n) is 4.73. The van der Waals surface area contributed by atoms with Gasteiger partial charge in [0, 0.05) is 12.6 Å². The molecule has 106 valence electrons. The number of benzene rings is 1. The first kappa shape index (κ1) is 16.1. The highest BCUT2D eigenvalue weighted by molar-refractivity contribution is 9.10. The SMILES string of the molecule is CN(C)CCCCNCc1ccc(Br)c([N+](=O)[O-])c1. The van der Waals surface area contributed by atoms with Crippen molar-refractivity contribution < 1.29 is 4.92 Å². The summed E-state index contributed by atoms with van der Waals surface area (Å²) in [5.74, 6) is 0. The van der Waals surface area contributed by atoms with Gasteiger partial charge < -0.3 is 10.2 Å². The van der Waals surface area contributed by atoms with Crippen LogP contribution in [-0.2, 0) is 6.54 Å². The molecule has 0 aliphatic heterocycles. The minimum Gasteiger partial charge on any atom is -0.313 e. The number of nitro groups is 1. The van der Waals surface area contributed by atoms with Crippen LogP contribution in [0.15, 0.2) is 22.7 Å². The maximum atomic E-state index is 10.8. The molecule has 0 aliphatic rings. The fourth-order valence-electron chi connectivity index (χ4n) is 1.72. The van der Waals surface area contributed by atoms with Crippen LogP contribution in [0.3, 0.4) is 0 Å². The Hall–Kier alpha value is -0.980. The van der Waals surface area contributed by atoms with Crippen LogP contribution in [-0.4, -0.2) is 37.0 Å². The number of halogens is 1. The zero-order chi connectivity index (χ0) is 14.3. The van der Waals surface area contributed by atoms with Gasteiger partial charge in [-0.05, 0) is 67.6 Å². The van der Waals surface area contributed by atoms with E-state index < -0.39 is 0 Å². The van der Waals surface area contributed by atoms with E-state index in [9.17, 15) is 10.1 Å². The van der Waals surface area contributed by atoms with Gasteiger partial charge in [0.2, 0.25) is 0 Å². The molecule has 0 spiro atoms. The molecule has 0 saturated carbocycles. The first-order valence-corrected chi connectivity index (χ1v) is 7.08. The Bertz CT molecular complexity index is 424. The van der Waals surface area contributed by atoms with Gasteiger partial charge >= 0.3 is 0 Å². The zero-order valence-electron chi connectivity index (χ0n) is 11.4. The third kappa shape index (κ3) is 6.13. The van der Waals surface area contributed by atoms with Gasteiger partial charge in [0.25, 0.3) is 5.69 Å². The number of nitrogens with one attached hydrogen (secondary N) is 1. The van der Waals surface area contributed by atoms with Crippen LogP contribution in [0.4, 0.5) is 5.69 Å². The fraction of sp³-hybridized carbons (Fsp3) is 0.538. The van der Waals surface area contributed by atoms with Crippen LogP contribution in [0.5, 0.6) is 0 Å². The van der Waals surface area contributed by atoms with E-state index in [1.54, 1.807) is 12.1 Å². The molecule has 0 unspecified atom stereocenters. The van der Waals surface area contributed by atoms with E-state index >= 15 is 0 Å². The van der Waals surface area contributed by atoms with Gasteiger partial charge in [-0.3, -0.25) is 10.1 Å². The Labute approximate surface area is 122 Å². The van der Waals surface area contributed by atoms with E-state index in [-0.39, 0.29) is 10.6 Å². The fourth-order valence-corrected chi connectivity index (χ4v) is 2.11. The number of nitrogens with zero attached hydrogens (tertiary/aromatic N) is 2. The summed E-state index contributed by atoms with van der Waals surface area (Å²) in [6, 6.07) is 5.22. The Morgan fingerprint density at radius 2 is 2.11 bits per heavy atom. The molecule has 1 rings (SSSR count). The second-order valence-corrected chi connectivity index (χ2v) is 5.58. The quantitative estimate of drug-likeness (QED) is 0.452. The smallest absolute Gasteiger partial charge is 0.283 e. The summed E-state index contributed by atoms with van der Waals surface area (Å²) in [5.41, 5.74) is 1.05. The van der Waals surface area contributed by atoms with Crippen molar-refractivity contribution in [3.8, 4) is 0 Å². The maximum Gasteiger partial charge on any atom is 0.283 e. The van der Waals surface area contributed by atoms with Crippen molar-refractivity contribution in [2.75, 3.05) is 27.2 Å². The van der Waals surface area contributed by atoms with Crippen molar-refractivity contribution in [2.24, 2.45) is 0 Å². The number of rotatable bonds is 8. The largest absolute Gasteiger partial charge is 0.313 e. The van der Waals surface area contributed by atoms with Gasteiger partial charge in [0.1, 0.15) is 0 Å². The minimum atomic E-state index is -0.370. The molecule has 0 radical (unpaired) electrons. The molecule has 0 bridgehead atoms. The normalized spacial score (nSPS) is 10.9. The highest BCUT2D eigenvalue weighted by Crippen LogP contribution is 2.25. The number of nitro benzene ring substituents is 1. The van der Waals surface area contributed by atoms with Crippen LogP contribution in [0.25, 0.3) is 0 Å². The maximum absolute atomic E-state index is 10.8. The molecule has 0 fully saturated rings. The molecule has 19 heavy (non-hydrogen) atoms. The van der Waals surface area contributed by atoms with Crippen LogP contribution < -0.4 is 5.32 Å². The Morgan fingerprint density at radius 1 is 1.37 bits per heavy atom. The lowest BCUT2D eigenvalue weighted by Crippen LogP contribution is -2.18. The van der Waals surface area contributed by atoms with Crippen LogP contribution in [0.1, 0.15) is 18.4 Å². The van der Waals surface area contributed by atoms with Crippen LogP contribution in [0, 0.1) is 10.1 Å². The summed E-state index contributed by atoms with van der Waals surface area (Å²) < 4.78 is 0.521. The van der Waals surface area contributed by atoms with E-state index in [2.05, 4.69) is 40.2 Å². The third-order valence-electron chi connectivity index (χ3n) is 2.75. The summed E-state index contributed by atoms with van der Waals surface area (Å²) >= 11 is 3.18. The lowest BCUT2D eigenvalue weighted by molar-refractivity contribution is -0.385. The van der Waals surface area contributed by atoms with E-state index in [1.807, 2.05) is 6.07 Å². The summed E-state index contributed by atoms with van der Waals surface area (Å²) in [5, 5.41) is 14.1. The first-order chi connectivity index (χ1) is 9.00. The van der Waals surface area contributed by atoms with Crippen molar-refractivity contribution in [1.82, 2.24) is 10.2 Å². The molecular formula is C13H20BrN3O2. The van der Waals surface area contributed by atoms with E-state index in [0.717, 1.165) is 31.5 Å². The Balaban J connectivity index is 2.34. The van der Waals surface area contributed by atoms with Gasteiger partial charge in [-0.1, -0.05) is 6.07 Å². The molecule has 1 aromatic rings. The van der Waals surface area contributed by atoms with E-state index in [0.29, 0.717) is 11.0 Å². The standard InChI is InChI=1S/C13H20BrN3O2/c1-16(2)8-4-3-7-15-10-11-5-6-12(14)13(9-11)17(18)19/h5-6,9,15H,3-4,7-8,10H2,1-2H3. The average Bonchev–Trinajstić information content (AvgIpc) is 2.34. The summed E-state index contributed by atoms with van der Waals surface area (Å²) in [6.45, 7) is 2.68. The average molecular weight is 330 g/mol. The lowest BCUT2D eigenvalue weighted by Gasteiger charge is -2.09. The van der Waals surface area contributed by atoms with Gasteiger partial charge in [0.05, 0.1) is 9.40 Å². The van der Waals surface area contributed by atoms with Crippen LogP contribution in [0.2, 0.25) is 0 Å². The van der Waals surface area contributed by atoms with Crippen molar-refractivity contribution in [2.45, 2.75) is 19.4 Å². The third-order valence-corrected chi connectivity index (χ3v) is 3.42. The highest BCUT2D eigenvalue weighted by Gasteiger charge is 2.11. The first-order valence-electron chi connectivity index (χ1n) is 6.29. The number of hydrogen-bond acceptors (Lipinski definition) is 4. The van der Waals surface area contributed by atoms with E-state index in [4.69, 9.17) is 0 Å². The molecule has 0 atom stereocenters. The topological polar surface area (TPSA) is 58.4 Å². The molecule has 5 nitrogen and oxygen atoms in total. The molecule has 0 amide bonds. The molecule has 6 heteroatoms. The second kappa shape index (κ2) is 8.24. The van der Waals surface area contributed by atoms with Gasteiger partial charge in [-0.2, -0.15) is 0 Å². The monoisotopic (exact) mass is 329 g/mol. The minimum absolute atomic E-state index is 0.118. The molecule has 0 aliphatic carbocycles. The van der Waals surface area contributed by atoms with Crippen molar-refractivity contribution in [3.05, 3.63) is 38.3 Å². The summed E-state index contributed by atoms with van der Waals surface area (Å²) in [6.07, 6.45) is 2.26. The predicted octanol–water partition coefficient (Wildman–Crippen LogP) is 2.79. The summed E-state index contributed by atoms with van der Waals surface area (Å²) in [4.78, 5) is 12.6. The lowest BCUT2D eigenvalue weighted by atomic mass is 10.2. The van der Waals surface area contributed by atoms with E-state index in [1.165, 1.54) is 0 Å². The highest BCUT2D eigenvalue weighted by atomic mass is 79.9. The number of unbranched alkanes of at least 4 members (excludes halogenated alkanes) is 1. The van der Waals surface area contributed by atoms with Crippen LogP contribution >= 0.6 is 15.9 Å². The molecule has 1 aromatic carbocycles. The van der Waals surface area contributed by atoms with Gasteiger partial charge in [-0.25, -0.2) is 0 Å².